The van der Waals surface area contributed by atoms with Crippen molar-refractivity contribution < 1.29 is 26.7 Å². The average molecular weight is 357 g/mol. The number of hydrogen-bond donors (Lipinski definition) is 2. The van der Waals surface area contributed by atoms with E-state index in [1.54, 1.807) is 12.1 Å². The maximum atomic E-state index is 13.4. The SMILES string of the molecule is Cc1ccc(NCC(=O)NN=Cc2c(F)c(F)c(F)c(F)c2F)cc1. The summed E-state index contributed by atoms with van der Waals surface area (Å²) in [5, 5.41) is 5.97. The van der Waals surface area contributed by atoms with Crippen LogP contribution in [0, 0.1) is 36.0 Å². The van der Waals surface area contributed by atoms with Gasteiger partial charge >= 0.3 is 0 Å². The third-order valence-corrected chi connectivity index (χ3v) is 3.13. The maximum absolute atomic E-state index is 13.4. The zero-order chi connectivity index (χ0) is 18.6. The van der Waals surface area contributed by atoms with Crippen LogP contribution in [-0.2, 0) is 4.79 Å². The summed E-state index contributed by atoms with van der Waals surface area (Å²) in [7, 11) is 0. The van der Waals surface area contributed by atoms with Gasteiger partial charge < -0.3 is 5.32 Å². The monoisotopic (exact) mass is 357 g/mol. The van der Waals surface area contributed by atoms with E-state index in [0.29, 0.717) is 11.9 Å². The van der Waals surface area contributed by atoms with Gasteiger partial charge in [-0.05, 0) is 19.1 Å². The van der Waals surface area contributed by atoms with Crippen LogP contribution in [0.5, 0.6) is 0 Å². The van der Waals surface area contributed by atoms with E-state index < -0.39 is 40.6 Å². The fraction of sp³-hybridized carbons (Fsp3) is 0.125. The summed E-state index contributed by atoms with van der Waals surface area (Å²) < 4.78 is 65.7. The minimum Gasteiger partial charge on any atom is -0.376 e. The molecule has 25 heavy (non-hydrogen) atoms. The summed E-state index contributed by atoms with van der Waals surface area (Å²) in [5.74, 6) is -11.2. The molecular weight excluding hydrogens is 345 g/mol. The van der Waals surface area contributed by atoms with E-state index in [9.17, 15) is 26.7 Å². The molecule has 4 nitrogen and oxygen atoms in total. The highest BCUT2D eigenvalue weighted by molar-refractivity contribution is 5.84. The van der Waals surface area contributed by atoms with Crippen LogP contribution in [0.25, 0.3) is 0 Å². The summed E-state index contributed by atoms with van der Waals surface area (Å²) >= 11 is 0. The van der Waals surface area contributed by atoms with E-state index in [4.69, 9.17) is 0 Å². The predicted octanol–water partition coefficient (Wildman–Crippen LogP) is 3.25. The molecule has 0 saturated carbocycles. The number of rotatable bonds is 5. The zero-order valence-electron chi connectivity index (χ0n) is 12.8. The molecule has 0 atom stereocenters. The van der Waals surface area contributed by atoms with Gasteiger partial charge in [-0.25, -0.2) is 27.4 Å². The van der Waals surface area contributed by atoms with Gasteiger partial charge in [0.15, 0.2) is 23.3 Å². The quantitative estimate of drug-likeness (QED) is 0.284. The van der Waals surface area contributed by atoms with Crippen LogP contribution in [-0.4, -0.2) is 18.7 Å². The van der Waals surface area contributed by atoms with Crippen molar-refractivity contribution in [2.75, 3.05) is 11.9 Å². The summed E-state index contributed by atoms with van der Waals surface area (Å²) in [6.45, 7) is 1.68. The lowest BCUT2D eigenvalue weighted by molar-refractivity contribution is -0.119. The molecule has 0 radical (unpaired) electrons. The van der Waals surface area contributed by atoms with Crippen LogP contribution in [0.15, 0.2) is 29.4 Å². The van der Waals surface area contributed by atoms with E-state index in [2.05, 4.69) is 10.4 Å². The molecular formula is C16H12F5N3O. The fourth-order valence-corrected chi connectivity index (χ4v) is 1.80. The normalized spacial score (nSPS) is 11.0. The minimum absolute atomic E-state index is 0.211. The summed E-state index contributed by atoms with van der Waals surface area (Å²) in [5.41, 5.74) is 2.36. The molecule has 0 aliphatic rings. The van der Waals surface area contributed by atoms with Gasteiger partial charge in [0.25, 0.3) is 5.91 Å². The second-order valence-electron chi connectivity index (χ2n) is 5.00. The molecule has 0 spiro atoms. The Hall–Kier alpha value is -2.97. The van der Waals surface area contributed by atoms with Crippen molar-refractivity contribution in [1.82, 2.24) is 5.43 Å². The fourth-order valence-electron chi connectivity index (χ4n) is 1.80. The van der Waals surface area contributed by atoms with Gasteiger partial charge in [-0.15, -0.1) is 0 Å². The first-order valence-electron chi connectivity index (χ1n) is 6.95. The van der Waals surface area contributed by atoms with Crippen molar-refractivity contribution in [3.05, 3.63) is 64.5 Å². The molecule has 1 amide bonds. The number of halogens is 5. The van der Waals surface area contributed by atoms with E-state index in [-0.39, 0.29) is 6.54 Å². The number of anilines is 1. The Bertz CT molecular complexity index is 793. The number of carbonyl (C=O) groups excluding carboxylic acids is 1. The van der Waals surface area contributed by atoms with E-state index in [0.717, 1.165) is 5.56 Å². The molecule has 0 unspecified atom stereocenters. The smallest absolute Gasteiger partial charge is 0.259 e. The van der Waals surface area contributed by atoms with Crippen LogP contribution in [0.2, 0.25) is 0 Å². The van der Waals surface area contributed by atoms with Crippen molar-refractivity contribution in [3.8, 4) is 0 Å². The van der Waals surface area contributed by atoms with Crippen molar-refractivity contribution in [2.24, 2.45) is 5.10 Å². The lowest BCUT2D eigenvalue weighted by Crippen LogP contribution is -2.26. The summed E-state index contributed by atoms with van der Waals surface area (Å²) in [4.78, 5) is 11.5. The Kier molecular flexibility index (Phi) is 5.68. The number of benzene rings is 2. The van der Waals surface area contributed by atoms with Gasteiger partial charge in [0, 0.05) is 5.69 Å². The number of nitrogens with zero attached hydrogens (tertiary/aromatic N) is 1. The van der Waals surface area contributed by atoms with Gasteiger partial charge in [-0.1, -0.05) is 17.7 Å². The Balaban J connectivity index is 1.99. The topological polar surface area (TPSA) is 53.5 Å². The van der Waals surface area contributed by atoms with Crippen LogP contribution in [0.1, 0.15) is 11.1 Å². The number of amides is 1. The van der Waals surface area contributed by atoms with E-state index in [1.165, 1.54) is 0 Å². The Morgan fingerprint density at radius 1 is 0.960 bits per heavy atom. The van der Waals surface area contributed by atoms with Crippen molar-refractivity contribution in [2.45, 2.75) is 6.92 Å². The van der Waals surface area contributed by atoms with Gasteiger partial charge in [-0.2, -0.15) is 5.10 Å². The van der Waals surface area contributed by atoms with Gasteiger partial charge in [-0.3, -0.25) is 4.79 Å². The molecule has 0 saturated heterocycles. The van der Waals surface area contributed by atoms with E-state index in [1.807, 2.05) is 24.5 Å². The Labute approximate surface area is 139 Å². The lowest BCUT2D eigenvalue weighted by atomic mass is 10.2. The molecule has 2 N–H and O–H groups in total. The second-order valence-corrected chi connectivity index (χ2v) is 5.00. The number of hydrogen-bond acceptors (Lipinski definition) is 3. The van der Waals surface area contributed by atoms with Crippen molar-refractivity contribution in [1.29, 1.82) is 0 Å². The van der Waals surface area contributed by atoms with Crippen LogP contribution in [0.3, 0.4) is 0 Å². The second kappa shape index (κ2) is 7.73. The zero-order valence-corrected chi connectivity index (χ0v) is 12.8. The highest BCUT2D eigenvalue weighted by Crippen LogP contribution is 2.21. The third kappa shape index (κ3) is 4.31. The molecule has 0 aromatic heterocycles. The Morgan fingerprint density at radius 2 is 1.48 bits per heavy atom. The maximum Gasteiger partial charge on any atom is 0.259 e. The largest absolute Gasteiger partial charge is 0.376 e. The molecule has 0 aliphatic heterocycles. The minimum atomic E-state index is -2.27. The molecule has 0 heterocycles. The molecule has 2 aromatic carbocycles. The van der Waals surface area contributed by atoms with Crippen LogP contribution in [0.4, 0.5) is 27.6 Å². The first-order chi connectivity index (χ1) is 11.8. The summed E-state index contributed by atoms with van der Waals surface area (Å²) in [6.07, 6.45) is 0.347. The molecule has 0 fully saturated rings. The Morgan fingerprint density at radius 3 is 2.04 bits per heavy atom. The average Bonchev–Trinajstić information content (AvgIpc) is 2.60. The molecule has 2 rings (SSSR count). The van der Waals surface area contributed by atoms with Crippen molar-refractivity contribution >= 4 is 17.8 Å². The third-order valence-electron chi connectivity index (χ3n) is 3.13. The number of hydrazone groups is 1. The highest BCUT2D eigenvalue weighted by atomic mass is 19.2. The molecule has 9 heteroatoms. The highest BCUT2D eigenvalue weighted by Gasteiger charge is 2.24. The molecule has 2 aromatic rings. The van der Waals surface area contributed by atoms with Gasteiger partial charge in [0.05, 0.1) is 18.3 Å². The van der Waals surface area contributed by atoms with Crippen LogP contribution < -0.4 is 10.7 Å². The van der Waals surface area contributed by atoms with Crippen LogP contribution >= 0.6 is 0 Å². The lowest BCUT2D eigenvalue weighted by Gasteiger charge is -2.06. The first-order valence-corrected chi connectivity index (χ1v) is 6.95. The van der Waals surface area contributed by atoms with Gasteiger partial charge in [0.2, 0.25) is 5.82 Å². The molecule has 0 bridgehead atoms. The number of carbonyl (C=O) groups is 1. The van der Waals surface area contributed by atoms with Gasteiger partial charge in [0.1, 0.15) is 0 Å². The standard InChI is InChI=1S/C16H12F5N3O/c1-8-2-4-9(5-3-8)22-7-11(25)24-23-6-10-12(17)14(19)16(21)15(20)13(10)18/h2-6,22H,7H2,1H3,(H,24,25). The number of nitrogens with one attached hydrogen (secondary N) is 2. The molecule has 0 aliphatic carbocycles. The predicted molar refractivity (Wildman–Crippen MR) is 81.6 cm³/mol. The molecule has 132 valence electrons. The number of aryl methyl sites for hydroxylation is 1. The van der Waals surface area contributed by atoms with E-state index >= 15 is 0 Å². The summed E-state index contributed by atoms with van der Waals surface area (Å²) in [6, 6.07) is 7.12. The van der Waals surface area contributed by atoms with Crippen molar-refractivity contribution in [3.63, 3.8) is 0 Å². The first kappa shape index (κ1) is 18.4.